The van der Waals surface area contributed by atoms with Gasteiger partial charge in [0.1, 0.15) is 0 Å². The standard InChI is InChI=1S/C47H29N3/c1-2-10-34(11-3-1)45-48-46(50-47(49-45)39-21-16-30-8-4-5-12-36(30)29-39)35-18-14-31(15-19-35)37-24-25-41-38(28-37)20-17-33-23-26-42-40-13-7-6-9-32(40)22-27-43(42)44(33)41/h1-29H. The maximum atomic E-state index is 5.00. The van der Waals surface area contributed by atoms with E-state index in [1.165, 1.54) is 54.0 Å². The van der Waals surface area contributed by atoms with Crippen LogP contribution in [0.15, 0.2) is 176 Å². The van der Waals surface area contributed by atoms with Crippen LogP contribution in [0.2, 0.25) is 0 Å². The minimum absolute atomic E-state index is 0.651. The summed E-state index contributed by atoms with van der Waals surface area (Å²) in [6, 6.07) is 62.4. The Morgan fingerprint density at radius 2 is 0.740 bits per heavy atom. The van der Waals surface area contributed by atoms with Gasteiger partial charge in [-0.15, -0.1) is 0 Å². The number of hydrogen-bond acceptors (Lipinski definition) is 3. The summed E-state index contributed by atoms with van der Waals surface area (Å²) < 4.78 is 0. The van der Waals surface area contributed by atoms with E-state index in [4.69, 9.17) is 15.0 Å². The second-order valence-corrected chi connectivity index (χ2v) is 12.9. The van der Waals surface area contributed by atoms with E-state index >= 15 is 0 Å². The van der Waals surface area contributed by atoms with Crippen LogP contribution in [0.25, 0.3) is 99.2 Å². The van der Waals surface area contributed by atoms with E-state index < -0.39 is 0 Å². The molecule has 232 valence electrons. The van der Waals surface area contributed by atoms with E-state index in [1.54, 1.807) is 0 Å². The van der Waals surface area contributed by atoms with Crippen molar-refractivity contribution >= 4 is 53.9 Å². The Balaban J connectivity index is 1.05. The lowest BCUT2D eigenvalue weighted by atomic mass is 9.92. The van der Waals surface area contributed by atoms with Crippen molar-refractivity contribution in [3.05, 3.63) is 176 Å². The highest BCUT2D eigenvalue weighted by atomic mass is 15.0. The summed E-state index contributed by atoms with van der Waals surface area (Å²) in [6.45, 7) is 0. The smallest absolute Gasteiger partial charge is 0.164 e. The number of benzene rings is 9. The summed E-state index contributed by atoms with van der Waals surface area (Å²) in [4.78, 5) is 14.9. The fourth-order valence-electron chi connectivity index (χ4n) is 7.32. The Morgan fingerprint density at radius 1 is 0.240 bits per heavy atom. The topological polar surface area (TPSA) is 38.7 Å². The van der Waals surface area contributed by atoms with Gasteiger partial charge >= 0.3 is 0 Å². The molecule has 0 unspecified atom stereocenters. The third kappa shape index (κ3) is 4.79. The van der Waals surface area contributed by atoms with Gasteiger partial charge < -0.3 is 0 Å². The molecule has 0 saturated heterocycles. The number of rotatable bonds is 4. The average Bonchev–Trinajstić information content (AvgIpc) is 3.20. The van der Waals surface area contributed by atoms with Gasteiger partial charge in [0.05, 0.1) is 0 Å². The zero-order chi connectivity index (χ0) is 33.0. The molecular weight excluding hydrogens is 607 g/mol. The first-order valence-corrected chi connectivity index (χ1v) is 16.9. The van der Waals surface area contributed by atoms with E-state index in [9.17, 15) is 0 Å². The second kappa shape index (κ2) is 11.5. The van der Waals surface area contributed by atoms with Gasteiger partial charge in [-0.3, -0.25) is 0 Å². The SMILES string of the molecule is c1ccc(-c2nc(-c3ccc(-c4ccc5c(ccc6ccc7c8ccccc8ccc7c65)c4)cc3)nc(-c3ccc4ccccc4c3)n2)cc1. The molecule has 0 bridgehead atoms. The Morgan fingerprint density at radius 3 is 1.56 bits per heavy atom. The highest BCUT2D eigenvalue weighted by Gasteiger charge is 2.14. The van der Waals surface area contributed by atoms with Gasteiger partial charge in [0.2, 0.25) is 0 Å². The minimum atomic E-state index is 0.651. The molecule has 50 heavy (non-hydrogen) atoms. The lowest BCUT2D eigenvalue weighted by Crippen LogP contribution is -2.00. The predicted octanol–water partition coefficient (Wildman–Crippen LogP) is 12.3. The van der Waals surface area contributed by atoms with Gasteiger partial charge in [-0.2, -0.15) is 0 Å². The Bertz CT molecular complexity index is 2910. The number of fused-ring (bicyclic) bond motifs is 8. The van der Waals surface area contributed by atoms with Crippen molar-refractivity contribution in [2.75, 3.05) is 0 Å². The Hall–Kier alpha value is -6.71. The summed E-state index contributed by atoms with van der Waals surface area (Å²) >= 11 is 0. The highest BCUT2D eigenvalue weighted by molar-refractivity contribution is 6.24. The highest BCUT2D eigenvalue weighted by Crippen LogP contribution is 2.37. The van der Waals surface area contributed by atoms with E-state index in [2.05, 4.69) is 146 Å². The summed E-state index contributed by atoms with van der Waals surface area (Å²) in [7, 11) is 0. The van der Waals surface area contributed by atoms with Gasteiger partial charge in [0.25, 0.3) is 0 Å². The van der Waals surface area contributed by atoms with Crippen LogP contribution in [-0.4, -0.2) is 15.0 Å². The van der Waals surface area contributed by atoms with Crippen LogP contribution in [-0.2, 0) is 0 Å². The molecule has 0 spiro atoms. The van der Waals surface area contributed by atoms with Crippen molar-refractivity contribution in [3.63, 3.8) is 0 Å². The van der Waals surface area contributed by atoms with E-state index in [-0.39, 0.29) is 0 Å². The normalized spacial score (nSPS) is 11.6. The van der Waals surface area contributed by atoms with E-state index in [0.29, 0.717) is 17.5 Å². The second-order valence-electron chi connectivity index (χ2n) is 12.9. The van der Waals surface area contributed by atoms with Crippen molar-refractivity contribution in [2.45, 2.75) is 0 Å². The molecule has 0 aliphatic carbocycles. The molecule has 0 saturated carbocycles. The Labute approximate surface area is 289 Å². The molecule has 0 atom stereocenters. The van der Waals surface area contributed by atoms with Crippen LogP contribution in [0.5, 0.6) is 0 Å². The molecule has 0 radical (unpaired) electrons. The van der Waals surface area contributed by atoms with Gasteiger partial charge in [-0.05, 0) is 77.1 Å². The molecule has 0 aliphatic rings. The maximum absolute atomic E-state index is 5.00. The van der Waals surface area contributed by atoms with Crippen LogP contribution in [0.3, 0.4) is 0 Å². The first-order valence-electron chi connectivity index (χ1n) is 16.9. The van der Waals surface area contributed by atoms with Gasteiger partial charge in [0, 0.05) is 16.7 Å². The molecule has 0 amide bonds. The summed E-state index contributed by atoms with van der Waals surface area (Å²) in [5, 5.41) is 12.5. The molecule has 1 heterocycles. The zero-order valence-corrected chi connectivity index (χ0v) is 27.1. The van der Waals surface area contributed by atoms with Crippen molar-refractivity contribution in [3.8, 4) is 45.3 Å². The predicted molar refractivity (Wildman–Crippen MR) is 209 cm³/mol. The van der Waals surface area contributed by atoms with Gasteiger partial charge in [0.15, 0.2) is 17.5 Å². The number of hydrogen-bond donors (Lipinski definition) is 0. The molecule has 3 heteroatoms. The van der Waals surface area contributed by atoms with Crippen LogP contribution in [0, 0.1) is 0 Å². The average molecular weight is 636 g/mol. The molecule has 10 aromatic rings. The Kier molecular flexibility index (Phi) is 6.49. The van der Waals surface area contributed by atoms with Crippen LogP contribution < -0.4 is 0 Å². The molecule has 0 fully saturated rings. The van der Waals surface area contributed by atoms with Crippen molar-refractivity contribution in [1.82, 2.24) is 15.0 Å². The van der Waals surface area contributed by atoms with Crippen LogP contribution in [0.1, 0.15) is 0 Å². The van der Waals surface area contributed by atoms with Crippen molar-refractivity contribution < 1.29 is 0 Å². The monoisotopic (exact) mass is 635 g/mol. The van der Waals surface area contributed by atoms with Gasteiger partial charge in [-0.1, -0.05) is 164 Å². The first-order chi connectivity index (χ1) is 24.7. The molecular formula is C47H29N3. The molecule has 3 nitrogen and oxygen atoms in total. The zero-order valence-electron chi connectivity index (χ0n) is 27.1. The fourth-order valence-corrected chi connectivity index (χ4v) is 7.32. The lowest BCUT2D eigenvalue weighted by molar-refractivity contribution is 1.07. The molecule has 10 rings (SSSR count). The molecule has 0 N–H and O–H groups in total. The quantitative estimate of drug-likeness (QED) is 0.181. The maximum Gasteiger partial charge on any atom is 0.164 e. The van der Waals surface area contributed by atoms with Crippen LogP contribution >= 0.6 is 0 Å². The third-order valence-electron chi connectivity index (χ3n) is 9.87. The minimum Gasteiger partial charge on any atom is -0.208 e. The largest absolute Gasteiger partial charge is 0.208 e. The molecule has 9 aromatic carbocycles. The number of nitrogens with zero attached hydrogens (tertiary/aromatic N) is 3. The summed E-state index contributed by atoms with van der Waals surface area (Å²) in [6.07, 6.45) is 0. The van der Waals surface area contributed by atoms with Crippen molar-refractivity contribution in [1.29, 1.82) is 0 Å². The summed E-state index contributed by atoms with van der Waals surface area (Å²) in [5.41, 5.74) is 5.18. The van der Waals surface area contributed by atoms with E-state index in [0.717, 1.165) is 27.6 Å². The fraction of sp³-hybridized carbons (Fsp3) is 0. The summed E-state index contributed by atoms with van der Waals surface area (Å²) in [5.74, 6) is 1.97. The first kappa shape index (κ1) is 28.3. The molecule has 1 aromatic heterocycles. The number of aromatic nitrogens is 3. The van der Waals surface area contributed by atoms with Gasteiger partial charge in [-0.25, -0.2) is 15.0 Å². The lowest BCUT2D eigenvalue weighted by Gasteiger charge is -2.12. The van der Waals surface area contributed by atoms with Crippen LogP contribution in [0.4, 0.5) is 0 Å². The molecule has 0 aliphatic heterocycles. The van der Waals surface area contributed by atoms with Crippen molar-refractivity contribution in [2.24, 2.45) is 0 Å². The third-order valence-corrected chi connectivity index (χ3v) is 9.87. The van der Waals surface area contributed by atoms with E-state index in [1.807, 2.05) is 30.3 Å².